The molecule has 0 bridgehead atoms. The van der Waals surface area contributed by atoms with Crippen LogP contribution in [0.25, 0.3) is 21.6 Å². The van der Waals surface area contributed by atoms with Crippen LogP contribution in [0.2, 0.25) is 0 Å². The van der Waals surface area contributed by atoms with E-state index in [0.29, 0.717) is 11.7 Å². The van der Waals surface area contributed by atoms with Crippen LogP contribution in [-0.4, -0.2) is 26.3 Å². The number of aromatic nitrogens is 3. The molecular weight excluding hydrogens is 286 g/mol. The van der Waals surface area contributed by atoms with E-state index in [-0.39, 0.29) is 12.0 Å². The van der Waals surface area contributed by atoms with Crippen molar-refractivity contribution >= 4 is 21.6 Å². The molecule has 5 nitrogen and oxygen atoms in total. The summed E-state index contributed by atoms with van der Waals surface area (Å²) in [5.74, 6) is 1.06. The molecule has 1 N–H and O–H groups in total. The molecule has 2 unspecified atom stereocenters. The monoisotopic (exact) mass is 301 g/mol. The zero-order valence-electron chi connectivity index (χ0n) is 11.4. The summed E-state index contributed by atoms with van der Waals surface area (Å²) in [5, 5.41) is 16.1. The smallest absolute Gasteiger partial charge is 0.232 e. The fourth-order valence-corrected chi connectivity index (χ4v) is 3.65. The predicted molar refractivity (Wildman–Crippen MR) is 80.1 cm³/mol. The van der Waals surface area contributed by atoms with Gasteiger partial charge in [-0.1, -0.05) is 18.0 Å². The van der Waals surface area contributed by atoms with Crippen molar-refractivity contribution in [2.24, 2.45) is 0 Å². The van der Waals surface area contributed by atoms with E-state index in [1.165, 1.54) is 0 Å². The van der Waals surface area contributed by atoms with Gasteiger partial charge < -0.3 is 9.63 Å². The fraction of sp³-hybridized carbons (Fsp3) is 0.400. The Bertz CT molecular complexity index is 767. The van der Waals surface area contributed by atoms with Crippen molar-refractivity contribution in [1.29, 1.82) is 0 Å². The largest absolute Gasteiger partial charge is 0.392 e. The number of hydrogen-bond donors (Lipinski definition) is 1. The average molecular weight is 301 g/mol. The number of rotatable bonds is 2. The summed E-state index contributed by atoms with van der Waals surface area (Å²) in [7, 11) is 0. The molecule has 0 radical (unpaired) electrons. The highest BCUT2D eigenvalue weighted by atomic mass is 32.1. The Morgan fingerprint density at radius 2 is 2.19 bits per heavy atom. The van der Waals surface area contributed by atoms with Crippen molar-refractivity contribution in [3.8, 4) is 11.4 Å². The maximum atomic E-state index is 10.1. The third-order valence-electron chi connectivity index (χ3n) is 4.05. The minimum Gasteiger partial charge on any atom is -0.392 e. The Kier molecular flexibility index (Phi) is 3.20. The summed E-state index contributed by atoms with van der Waals surface area (Å²) in [4.78, 5) is 8.87. The molecule has 3 heterocycles. The van der Waals surface area contributed by atoms with Crippen LogP contribution in [0.3, 0.4) is 0 Å². The molecule has 3 aromatic heterocycles. The van der Waals surface area contributed by atoms with Crippen molar-refractivity contribution in [2.75, 3.05) is 0 Å². The second kappa shape index (κ2) is 5.20. The molecule has 1 saturated carbocycles. The number of fused-ring (bicyclic) bond motifs is 1. The number of aliphatic hydroxyl groups is 1. The summed E-state index contributed by atoms with van der Waals surface area (Å²) >= 11 is 1.64. The van der Waals surface area contributed by atoms with Crippen molar-refractivity contribution < 1.29 is 9.63 Å². The molecule has 0 aromatic carbocycles. The van der Waals surface area contributed by atoms with Crippen LogP contribution in [-0.2, 0) is 0 Å². The van der Waals surface area contributed by atoms with Crippen molar-refractivity contribution in [1.82, 2.24) is 15.1 Å². The van der Waals surface area contributed by atoms with Crippen LogP contribution >= 0.6 is 11.3 Å². The predicted octanol–water partition coefficient (Wildman–Crippen LogP) is 3.36. The Morgan fingerprint density at radius 1 is 1.29 bits per heavy atom. The van der Waals surface area contributed by atoms with Crippen LogP contribution in [0, 0.1) is 0 Å². The number of pyridine rings is 1. The van der Waals surface area contributed by atoms with E-state index in [1.54, 1.807) is 17.5 Å². The van der Waals surface area contributed by atoms with Crippen LogP contribution in [0.5, 0.6) is 0 Å². The van der Waals surface area contributed by atoms with E-state index in [0.717, 1.165) is 41.5 Å². The first-order valence-corrected chi connectivity index (χ1v) is 8.04. The molecule has 1 aliphatic carbocycles. The highest BCUT2D eigenvalue weighted by molar-refractivity contribution is 7.17. The number of thiophene rings is 1. The van der Waals surface area contributed by atoms with Crippen LogP contribution < -0.4 is 0 Å². The van der Waals surface area contributed by atoms with Crippen molar-refractivity contribution in [3.63, 3.8) is 0 Å². The van der Waals surface area contributed by atoms with E-state index in [4.69, 9.17) is 4.52 Å². The van der Waals surface area contributed by atoms with Gasteiger partial charge in [-0.2, -0.15) is 4.98 Å². The van der Waals surface area contributed by atoms with Gasteiger partial charge in [0.25, 0.3) is 0 Å². The maximum absolute atomic E-state index is 10.1. The SMILES string of the molecule is OC1CCCCC1c1nc(-c2cnc3ccsc3c2)no1. The highest BCUT2D eigenvalue weighted by Crippen LogP contribution is 2.33. The van der Waals surface area contributed by atoms with Gasteiger partial charge in [-0.15, -0.1) is 11.3 Å². The van der Waals surface area contributed by atoms with Gasteiger partial charge >= 0.3 is 0 Å². The van der Waals surface area contributed by atoms with Gasteiger partial charge in [0.05, 0.1) is 22.2 Å². The van der Waals surface area contributed by atoms with E-state index < -0.39 is 0 Å². The lowest BCUT2D eigenvalue weighted by Gasteiger charge is -2.24. The number of nitrogens with zero attached hydrogens (tertiary/aromatic N) is 3. The first-order valence-electron chi connectivity index (χ1n) is 7.16. The molecule has 6 heteroatoms. The topological polar surface area (TPSA) is 72.0 Å². The first-order chi connectivity index (χ1) is 10.3. The Labute approximate surface area is 125 Å². The van der Waals surface area contributed by atoms with Crippen LogP contribution in [0.4, 0.5) is 0 Å². The molecule has 4 rings (SSSR count). The van der Waals surface area contributed by atoms with Gasteiger partial charge in [0.1, 0.15) is 0 Å². The van der Waals surface area contributed by atoms with Crippen molar-refractivity contribution in [3.05, 3.63) is 29.6 Å². The number of hydrogen-bond acceptors (Lipinski definition) is 6. The molecule has 1 aliphatic rings. The van der Waals surface area contributed by atoms with Gasteiger partial charge in [0.2, 0.25) is 11.7 Å². The zero-order chi connectivity index (χ0) is 14.2. The van der Waals surface area contributed by atoms with Gasteiger partial charge in [-0.05, 0) is 30.4 Å². The summed E-state index contributed by atoms with van der Waals surface area (Å²) in [6.07, 6.45) is 5.28. The Morgan fingerprint density at radius 3 is 3.10 bits per heavy atom. The highest BCUT2D eigenvalue weighted by Gasteiger charge is 2.29. The van der Waals surface area contributed by atoms with Gasteiger partial charge in [-0.3, -0.25) is 4.98 Å². The standard InChI is InChI=1S/C15H15N3O2S/c19-12-4-2-1-3-10(12)15-17-14(18-20-15)9-7-13-11(16-8-9)5-6-21-13/h5-8,10,12,19H,1-4H2. The van der Waals surface area contributed by atoms with Gasteiger partial charge in [0.15, 0.2) is 0 Å². The maximum Gasteiger partial charge on any atom is 0.232 e. The van der Waals surface area contributed by atoms with E-state index >= 15 is 0 Å². The molecular formula is C15H15N3O2S. The quantitative estimate of drug-likeness (QED) is 0.785. The molecule has 21 heavy (non-hydrogen) atoms. The lowest BCUT2D eigenvalue weighted by molar-refractivity contribution is 0.0908. The Hall–Kier alpha value is -1.79. The van der Waals surface area contributed by atoms with E-state index in [1.807, 2.05) is 17.5 Å². The third-order valence-corrected chi connectivity index (χ3v) is 4.90. The fourth-order valence-electron chi connectivity index (χ4n) is 2.87. The number of aliphatic hydroxyl groups excluding tert-OH is 1. The normalized spacial score (nSPS) is 22.7. The summed E-state index contributed by atoms with van der Waals surface area (Å²) in [6.45, 7) is 0. The molecule has 108 valence electrons. The van der Waals surface area contributed by atoms with Crippen molar-refractivity contribution in [2.45, 2.75) is 37.7 Å². The average Bonchev–Trinajstić information content (AvgIpc) is 3.16. The summed E-state index contributed by atoms with van der Waals surface area (Å²) in [5.41, 5.74) is 1.83. The minimum atomic E-state index is -0.370. The first kappa shape index (κ1) is 12.9. The van der Waals surface area contributed by atoms with E-state index in [9.17, 15) is 5.11 Å². The summed E-state index contributed by atoms with van der Waals surface area (Å²) < 4.78 is 6.48. The Balaban J connectivity index is 1.66. The zero-order valence-corrected chi connectivity index (χ0v) is 12.2. The molecule has 3 aromatic rings. The minimum absolute atomic E-state index is 0.0292. The molecule has 0 spiro atoms. The van der Waals surface area contributed by atoms with Crippen LogP contribution in [0.15, 0.2) is 28.2 Å². The van der Waals surface area contributed by atoms with Crippen LogP contribution in [0.1, 0.15) is 37.5 Å². The lowest BCUT2D eigenvalue weighted by Crippen LogP contribution is -2.22. The molecule has 0 aliphatic heterocycles. The molecule has 2 atom stereocenters. The summed E-state index contributed by atoms with van der Waals surface area (Å²) in [6, 6.07) is 4.02. The van der Waals surface area contributed by atoms with E-state index in [2.05, 4.69) is 15.1 Å². The van der Waals surface area contributed by atoms with Gasteiger partial charge in [0, 0.05) is 11.8 Å². The third kappa shape index (κ3) is 2.34. The molecule has 1 fully saturated rings. The second-order valence-electron chi connectivity index (χ2n) is 5.44. The molecule has 0 amide bonds. The second-order valence-corrected chi connectivity index (χ2v) is 6.39. The van der Waals surface area contributed by atoms with Gasteiger partial charge in [-0.25, -0.2) is 0 Å². The molecule has 0 saturated heterocycles. The lowest BCUT2D eigenvalue weighted by atomic mass is 9.86.